The zero-order valence-electron chi connectivity index (χ0n) is 11.1. The van der Waals surface area contributed by atoms with Crippen molar-refractivity contribution in [1.82, 2.24) is 10.6 Å². The van der Waals surface area contributed by atoms with Crippen LogP contribution in [0.4, 0.5) is 0 Å². The third kappa shape index (κ3) is 3.73. The fourth-order valence-electron chi connectivity index (χ4n) is 3.21. The largest absolute Gasteiger partial charge is 0.314 e. The maximum Gasteiger partial charge on any atom is 0.0595 e. The van der Waals surface area contributed by atoms with E-state index >= 15 is 0 Å². The molecule has 2 nitrogen and oxygen atoms in total. The third-order valence-electron chi connectivity index (χ3n) is 4.10. The quantitative estimate of drug-likeness (QED) is 0.798. The molecule has 1 aliphatic carbocycles. The van der Waals surface area contributed by atoms with Crippen molar-refractivity contribution in [3.05, 3.63) is 33.3 Å². The highest BCUT2D eigenvalue weighted by atomic mass is 35.5. The molecule has 1 heterocycles. The highest BCUT2D eigenvalue weighted by Gasteiger charge is 2.29. The van der Waals surface area contributed by atoms with Gasteiger partial charge < -0.3 is 10.6 Å². The molecule has 0 saturated carbocycles. The van der Waals surface area contributed by atoms with E-state index in [4.69, 9.17) is 23.2 Å². The van der Waals surface area contributed by atoms with E-state index in [1.165, 1.54) is 24.0 Å². The van der Waals surface area contributed by atoms with Crippen LogP contribution < -0.4 is 10.6 Å². The number of fused-ring (bicyclic) bond motifs is 1. The van der Waals surface area contributed by atoms with Crippen LogP contribution in [0, 0.1) is 0 Å². The number of halogens is 4. The van der Waals surface area contributed by atoms with Crippen LogP contribution in [0.3, 0.4) is 0 Å². The van der Waals surface area contributed by atoms with Gasteiger partial charge in [0.25, 0.3) is 0 Å². The van der Waals surface area contributed by atoms with E-state index in [0.717, 1.165) is 26.1 Å². The van der Waals surface area contributed by atoms with Gasteiger partial charge in [-0.05, 0) is 42.5 Å². The van der Waals surface area contributed by atoms with Crippen molar-refractivity contribution in [1.29, 1.82) is 0 Å². The molecule has 114 valence electrons. The van der Waals surface area contributed by atoms with Crippen molar-refractivity contribution in [2.45, 2.75) is 31.2 Å². The molecule has 1 saturated heterocycles. The van der Waals surface area contributed by atoms with Crippen LogP contribution in [0.5, 0.6) is 0 Å². The molecule has 1 aliphatic heterocycles. The van der Waals surface area contributed by atoms with E-state index in [1.807, 2.05) is 0 Å². The molecule has 0 aromatic heterocycles. The Hall–Kier alpha value is 0.300. The van der Waals surface area contributed by atoms with Gasteiger partial charge in [-0.1, -0.05) is 23.2 Å². The van der Waals surface area contributed by atoms with E-state index in [-0.39, 0.29) is 24.8 Å². The molecule has 2 N–H and O–H groups in total. The van der Waals surface area contributed by atoms with Gasteiger partial charge in [-0.2, -0.15) is 0 Å². The molecule has 1 aromatic carbocycles. The van der Waals surface area contributed by atoms with Crippen molar-refractivity contribution < 1.29 is 0 Å². The lowest BCUT2D eigenvalue weighted by Gasteiger charge is -2.36. The third-order valence-corrected chi connectivity index (χ3v) is 4.82. The molecular formula is C14H20Cl4N2. The number of aryl methyl sites for hydroxylation is 1. The van der Waals surface area contributed by atoms with Crippen molar-refractivity contribution in [3.8, 4) is 0 Å². The van der Waals surface area contributed by atoms with Crippen LogP contribution in [0.25, 0.3) is 0 Å². The average Bonchev–Trinajstić information content (AvgIpc) is 2.40. The minimum Gasteiger partial charge on any atom is -0.314 e. The number of hydrogen-bond donors (Lipinski definition) is 2. The second-order valence-corrected chi connectivity index (χ2v) is 6.04. The van der Waals surface area contributed by atoms with Gasteiger partial charge in [-0.15, -0.1) is 24.8 Å². The number of benzene rings is 1. The van der Waals surface area contributed by atoms with Crippen molar-refractivity contribution in [3.63, 3.8) is 0 Å². The van der Waals surface area contributed by atoms with Gasteiger partial charge >= 0.3 is 0 Å². The molecule has 1 aromatic rings. The normalized spacial score (nSPS) is 25.1. The molecule has 0 spiro atoms. The molecule has 1 fully saturated rings. The summed E-state index contributed by atoms with van der Waals surface area (Å²) in [6.07, 6.45) is 3.61. The lowest BCUT2D eigenvalue weighted by Crippen LogP contribution is -2.51. The standard InChI is InChI=1S/C14H18Cl2N2.2ClH/c15-12-6-9-2-1-3-10(11(9)7-13(12)16)14-8-17-4-5-18-14;;/h6-7,10,14,17-18H,1-5,8H2;2*1H. The van der Waals surface area contributed by atoms with Gasteiger partial charge in [-0.25, -0.2) is 0 Å². The second kappa shape index (κ2) is 8.07. The highest BCUT2D eigenvalue weighted by molar-refractivity contribution is 6.42. The van der Waals surface area contributed by atoms with Crippen LogP contribution in [-0.2, 0) is 6.42 Å². The minimum absolute atomic E-state index is 0. The van der Waals surface area contributed by atoms with Crippen LogP contribution in [0.1, 0.15) is 29.9 Å². The SMILES string of the molecule is Cl.Cl.Clc1cc2c(cc1Cl)C(C1CNCCN1)CCC2. The Morgan fingerprint density at radius 2 is 1.80 bits per heavy atom. The minimum atomic E-state index is 0. The first kappa shape index (κ1) is 18.3. The van der Waals surface area contributed by atoms with Crippen LogP contribution in [0.2, 0.25) is 10.0 Å². The molecule has 0 bridgehead atoms. The van der Waals surface area contributed by atoms with E-state index in [9.17, 15) is 0 Å². The van der Waals surface area contributed by atoms with Crippen LogP contribution in [0.15, 0.2) is 12.1 Å². The molecule has 2 unspecified atom stereocenters. The maximum absolute atomic E-state index is 6.18. The van der Waals surface area contributed by atoms with Gasteiger partial charge in [0.1, 0.15) is 0 Å². The zero-order chi connectivity index (χ0) is 12.5. The second-order valence-electron chi connectivity index (χ2n) is 5.23. The summed E-state index contributed by atoms with van der Waals surface area (Å²) in [5, 5.41) is 8.46. The lowest BCUT2D eigenvalue weighted by molar-refractivity contribution is 0.341. The summed E-state index contributed by atoms with van der Waals surface area (Å²) in [7, 11) is 0. The Labute approximate surface area is 142 Å². The summed E-state index contributed by atoms with van der Waals surface area (Å²) in [5.74, 6) is 0.566. The predicted molar refractivity (Wildman–Crippen MR) is 91.3 cm³/mol. The first-order valence-electron chi connectivity index (χ1n) is 6.67. The summed E-state index contributed by atoms with van der Waals surface area (Å²) in [5.41, 5.74) is 2.78. The van der Waals surface area contributed by atoms with Crippen molar-refractivity contribution in [2.75, 3.05) is 19.6 Å². The first-order chi connectivity index (χ1) is 8.75. The van der Waals surface area contributed by atoms with Crippen molar-refractivity contribution in [2.24, 2.45) is 0 Å². The Bertz CT molecular complexity index is 447. The molecule has 20 heavy (non-hydrogen) atoms. The summed E-state index contributed by atoms with van der Waals surface area (Å²) in [4.78, 5) is 0. The number of rotatable bonds is 1. The van der Waals surface area contributed by atoms with Gasteiger partial charge in [0.15, 0.2) is 0 Å². The zero-order valence-corrected chi connectivity index (χ0v) is 14.3. The van der Waals surface area contributed by atoms with Crippen LogP contribution >= 0.6 is 48.0 Å². The van der Waals surface area contributed by atoms with E-state index < -0.39 is 0 Å². The highest BCUT2D eigenvalue weighted by Crippen LogP contribution is 2.38. The summed E-state index contributed by atoms with van der Waals surface area (Å²) < 4.78 is 0. The van der Waals surface area contributed by atoms with E-state index in [0.29, 0.717) is 22.0 Å². The smallest absolute Gasteiger partial charge is 0.0595 e. The van der Waals surface area contributed by atoms with Gasteiger partial charge in [0, 0.05) is 31.6 Å². The van der Waals surface area contributed by atoms with E-state index in [1.54, 1.807) is 0 Å². The maximum atomic E-state index is 6.18. The fraction of sp³-hybridized carbons (Fsp3) is 0.571. The molecule has 0 radical (unpaired) electrons. The molecular weight excluding hydrogens is 338 g/mol. The fourth-order valence-corrected chi connectivity index (χ4v) is 3.57. The number of piperazine rings is 1. The summed E-state index contributed by atoms with van der Waals surface area (Å²) in [6, 6.07) is 4.66. The monoisotopic (exact) mass is 356 g/mol. The Balaban J connectivity index is 0.000001000. The Morgan fingerprint density at radius 3 is 2.50 bits per heavy atom. The topological polar surface area (TPSA) is 24.1 Å². The molecule has 2 aliphatic rings. The van der Waals surface area contributed by atoms with Gasteiger partial charge in [-0.3, -0.25) is 0 Å². The van der Waals surface area contributed by atoms with Gasteiger partial charge in [0.05, 0.1) is 10.0 Å². The summed E-state index contributed by atoms with van der Waals surface area (Å²) in [6.45, 7) is 3.17. The average molecular weight is 358 g/mol. The van der Waals surface area contributed by atoms with E-state index in [2.05, 4.69) is 22.8 Å². The number of nitrogens with one attached hydrogen (secondary N) is 2. The molecule has 0 amide bonds. The Morgan fingerprint density at radius 1 is 1.05 bits per heavy atom. The van der Waals surface area contributed by atoms with Crippen LogP contribution in [-0.4, -0.2) is 25.7 Å². The summed E-state index contributed by atoms with van der Waals surface area (Å²) >= 11 is 12.3. The lowest BCUT2D eigenvalue weighted by atomic mass is 9.78. The first-order valence-corrected chi connectivity index (χ1v) is 7.43. The van der Waals surface area contributed by atoms with Gasteiger partial charge in [0.2, 0.25) is 0 Å². The number of hydrogen-bond acceptors (Lipinski definition) is 2. The predicted octanol–water partition coefficient (Wildman–Crippen LogP) is 3.82. The molecule has 2 atom stereocenters. The molecule has 3 rings (SSSR count). The van der Waals surface area contributed by atoms with Crippen molar-refractivity contribution >= 4 is 48.0 Å². The molecule has 6 heteroatoms. The Kier molecular flexibility index (Phi) is 7.40.